The summed E-state index contributed by atoms with van der Waals surface area (Å²) in [5, 5.41) is 4.37. The minimum atomic E-state index is 0.702. The van der Waals surface area contributed by atoms with Gasteiger partial charge in [0.15, 0.2) is 0 Å². The largest absolute Gasteiger partial charge is 0.296 e. The fourth-order valence-electron chi connectivity index (χ4n) is 3.44. The molecule has 0 unspecified atom stereocenters. The highest BCUT2D eigenvalue weighted by molar-refractivity contribution is 5.17. The van der Waals surface area contributed by atoms with Crippen molar-refractivity contribution in [3.05, 3.63) is 47.0 Å². The van der Waals surface area contributed by atoms with Crippen LogP contribution in [0.25, 0.3) is 0 Å². The van der Waals surface area contributed by atoms with E-state index < -0.39 is 0 Å². The fraction of sp³-hybridized carbons (Fsp3) is 0.556. The van der Waals surface area contributed by atoms with Crippen LogP contribution in [0.3, 0.4) is 0 Å². The van der Waals surface area contributed by atoms with E-state index >= 15 is 0 Å². The Morgan fingerprint density at radius 2 is 2.18 bits per heavy atom. The Bertz CT molecular complexity index is 632. The molecule has 1 aliphatic rings. The van der Waals surface area contributed by atoms with Gasteiger partial charge in [-0.05, 0) is 63.8 Å². The maximum atomic E-state index is 4.37. The van der Waals surface area contributed by atoms with Gasteiger partial charge in [-0.25, -0.2) is 0 Å². The van der Waals surface area contributed by atoms with Gasteiger partial charge in [0.1, 0.15) is 0 Å². The molecule has 3 heterocycles. The monoisotopic (exact) mass is 298 g/mol. The average molecular weight is 298 g/mol. The van der Waals surface area contributed by atoms with Gasteiger partial charge >= 0.3 is 0 Å². The molecule has 0 aromatic carbocycles. The van der Waals surface area contributed by atoms with E-state index in [4.69, 9.17) is 0 Å². The Hall–Kier alpha value is -1.68. The molecule has 1 saturated heterocycles. The highest BCUT2D eigenvalue weighted by atomic mass is 15.3. The van der Waals surface area contributed by atoms with E-state index in [0.717, 1.165) is 18.7 Å². The fourth-order valence-corrected chi connectivity index (χ4v) is 3.44. The Morgan fingerprint density at radius 3 is 2.91 bits per heavy atom. The highest BCUT2D eigenvalue weighted by Gasteiger charge is 2.25. The zero-order valence-electron chi connectivity index (χ0n) is 13.9. The number of rotatable bonds is 5. The van der Waals surface area contributed by atoms with Crippen molar-refractivity contribution in [2.24, 2.45) is 7.05 Å². The van der Waals surface area contributed by atoms with Gasteiger partial charge in [0.05, 0.1) is 6.20 Å². The van der Waals surface area contributed by atoms with Crippen molar-refractivity contribution >= 4 is 0 Å². The summed E-state index contributed by atoms with van der Waals surface area (Å²) in [6.45, 7) is 6.48. The summed E-state index contributed by atoms with van der Waals surface area (Å²) in [5.41, 5.74) is 5.19. The van der Waals surface area contributed by atoms with Crippen LogP contribution in [0.1, 0.15) is 41.8 Å². The second-order valence-electron chi connectivity index (χ2n) is 6.49. The summed E-state index contributed by atoms with van der Waals surface area (Å²) in [6.07, 6.45) is 8.98. The van der Waals surface area contributed by atoms with Crippen LogP contribution in [-0.4, -0.2) is 32.3 Å². The van der Waals surface area contributed by atoms with Crippen LogP contribution in [0.5, 0.6) is 0 Å². The summed E-state index contributed by atoms with van der Waals surface area (Å²) < 4.78 is 1.97. The summed E-state index contributed by atoms with van der Waals surface area (Å²) in [6, 6.07) is 5.07. The predicted octanol–water partition coefficient (Wildman–Crippen LogP) is 3.03. The van der Waals surface area contributed by atoms with Gasteiger partial charge in [0.25, 0.3) is 0 Å². The lowest BCUT2D eigenvalue weighted by molar-refractivity contribution is 0.234. The van der Waals surface area contributed by atoms with Gasteiger partial charge in [-0.1, -0.05) is 0 Å². The van der Waals surface area contributed by atoms with Crippen LogP contribution < -0.4 is 0 Å². The topological polar surface area (TPSA) is 34.0 Å². The normalized spacial score (nSPS) is 19.0. The number of aromatic nitrogens is 3. The van der Waals surface area contributed by atoms with Crippen molar-refractivity contribution in [3.8, 4) is 0 Å². The van der Waals surface area contributed by atoms with E-state index in [-0.39, 0.29) is 0 Å². The number of pyridine rings is 1. The standard InChI is InChI=1S/C18H26N4/c1-14-11-16(8-9-19-14)6-7-18-5-4-10-22(18)13-17-12-20-21(3)15(17)2/h8-9,11-12,18H,4-7,10,13H2,1-3H3/t18-/m1/s1. The van der Waals surface area contributed by atoms with E-state index in [2.05, 4.69) is 41.0 Å². The quantitative estimate of drug-likeness (QED) is 0.851. The van der Waals surface area contributed by atoms with E-state index in [0.29, 0.717) is 6.04 Å². The average Bonchev–Trinajstić information content (AvgIpc) is 3.07. The smallest absolute Gasteiger partial charge is 0.0537 e. The lowest BCUT2D eigenvalue weighted by Crippen LogP contribution is -2.29. The molecule has 4 nitrogen and oxygen atoms in total. The van der Waals surface area contributed by atoms with Crippen LogP contribution in [0.2, 0.25) is 0 Å². The summed E-state index contributed by atoms with van der Waals surface area (Å²) >= 11 is 0. The molecular formula is C18H26N4. The molecule has 22 heavy (non-hydrogen) atoms. The number of aryl methyl sites for hydroxylation is 3. The van der Waals surface area contributed by atoms with E-state index in [1.807, 2.05) is 24.1 Å². The molecule has 1 atom stereocenters. The highest BCUT2D eigenvalue weighted by Crippen LogP contribution is 2.24. The second kappa shape index (κ2) is 6.61. The third-order valence-electron chi connectivity index (χ3n) is 4.94. The van der Waals surface area contributed by atoms with Crippen molar-refractivity contribution in [1.82, 2.24) is 19.7 Å². The Balaban J connectivity index is 1.60. The third kappa shape index (κ3) is 3.38. The Labute approximate surface area is 133 Å². The van der Waals surface area contributed by atoms with Gasteiger partial charge in [-0.3, -0.25) is 14.6 Å². The van der Waals surface area contributed by atoms with E-state index in [9.17, 15) is 0 Å². The van der Waals surface area contributed by atoms with Gasteiger partial charge in [-0.15, -0.1) is 0 Å². The maximum Gasteiger partial charge on any atom is 0.0537 e. The predicted molar refractivity (Wildman–Crippen MR) is 88.7 cm³/mol. The van der Waals surface area contributed by atoms with Crippen LogP contribution in [0.4, 0.5) is 0 Å². The van der Waals surface area contributed by atoms with Crippen LogP contribution in [0, 0.1) is 13.8 Å². The van der Waals surface area contributed by atoms with Crippen molar-refractivity contribution in [2.45, 2.75) is 52.1 Å². The third-order valence-corrected chi connectivity index (χ3v) is 4.94. The van der Waals surface area contributed by atoms with Crippen LogP contribution >= 0.6 is 0 Å². The first-order valence-electron chi connectivity index (χ1n) is 8.26. The van der Waals surface area contributed by atoms with Crippen LogP contribution in [-0.2, 0) is 20.0 Å². The van der Waals surface area contributed by atoms with Crippen molar-refractivity contribution in [2.75, 3.05) is 6.54 Å². The van der Waals surface area contributed by atoms with Gasteiger partial charge < -0.3 is 0 Å². The first kappa shape index (κ1) is 15.2. The zero-order chi connectivity index (χ0) is 15.5. The molecule has 0 amide bonds. The SMILES string of the molecule is Cc1cc(CC[C@H]2CCCN2Cc2cnn(C)c2C)ccn1. The number of hydrogen-bond donors (Lipinski definition) is 0. The van der Waals surface area contributed by atoms with E-state index in [1.54, 1.807) is 0 Å². The van der Waals surface area contributed by atoms with Gasteiger partial charge in [0.2, 0.25) is 0 Å². The van der Waals surface area contributed by atoms with Crippen LogP contribution in [0.15, 0.2) is 24.5 Å². The minimum Gasteiger partial charge on any atom is -0.296 e. The minimum absolute atomic E-state index is 0.702. The lowest BCUT2D eigenvalue weighted by Gasteiger charge is -2.24. The first-order chi connectivity index (χ1) is 10.6. The molecule has 0 bridgehead atoms. The molecule has 0 saturated carbocycles. The molecule has 0 radical (unpaired) electrons. The number of likely N-dealkylation sites (tertiary alicyclic amines) is 1. The second-order valence-corrected chi connectivity index (χ2v) is 6.49. The molecule has 0 N–H and O–H groups in total. The van der Waals surface area contributed by atoms with Crippen molar-refractivity contribution < 1.29 is 0 Å². The molecule has 2 aromatic rings. The van der Waals surface area contributed by atoms with Crippen molar-refractivity contribution in [1.29, 1.82) is 0 Å². The first-order valence-corrected chi connectivity index (χ1v) is 8.26. The molecule has 1 aliphatic heterocycles. The molecular weight excluding hydrogens is 272 g/mol. The Morgan fingerprint density at radius 1 is 1.32 bits per heavy atom. The molecule has 118 valence electrons. The maximum absolute atomic E-state index is 4.37. The van der Waals surface area contributed by atoms with Gasteiger partial charge in [0, 0.05) is 42.8 Å². The van der Waals surface area contributed by atoms with Crippen molar-refractivity contribution in [3.63, 3.8) is 0 Å². The lowest BCUT2D eigenvalue weighted by atomic mass is 10.0. The molecule has 0 aliphatic carbocycles. The summed E-state index contributed by atoms with van der Waals surface area (Å²) in [5.74, 6) is 0. The molecule has 4 heteroatoms. The molecule has 3 rings (SSSR count). The van der Waals surface area contributed by atoms with E-state index in [1.165, 1.54) is 42.6 Å². The summed E-state index contributed by atoms with van der Waals surface area (Å²) in [7, 11) is 2.02. The molecule has 2 aromatic heterocycles. The molecule has 1 fully saturated rings. The Kier molecular flexibility index (Phi) is 4.57. The molecule has 0 spiro atoms. The zero-order valence-corrected chi connectivity index (χ0v) is 13.9. The summed E-state index contributed by atoms with van der Waals surface area (Å²) in [4.78, 5) is 6.92. The number of hydrogen-bond acceptors (Lipinski definition) is 3. The number of nitrogens with zero attached hydrogens (tertiary/aromatic N) is 4. The van der Waals surface area contributed by atoms with Gasteiger partial charge in [-0.2, -0.15) is 5.10 Å².